The van der Waals surface area contributed by atoms with Gasteiger partial charge in [0.05, 0.1) is 11.3 Å². The van der Waals surface area contributed by atoms with Gasteiger partial charge in [-0.25, -0.2) is 4.39 Å². The van der Waals surface area contributed by atoms with Crippen molar-refractivity contribution < 1.29 is 13.9 Å². The van der Waals surface area contributed by atoms with E-state index >= 15 is 0 Å². The van der Waals surface area contributed by atoms with Crippen LogP contribution in [0.4, 0.5) is 15.8 Å². The molecule has 4 rings (SSSR count). The Morgan fingerprint density at radius 2 is 1.93 bits per heavy atom. The third kappa shape index (κ3) is 4.11. The highest BCUT2D eigenvalue weighted by atomic mass is 19.1. The van der Waals surface area contributed by atoms with Gasteiger partial charge in [0.25, 0.3) is 5.91 Å². The smallest absolute Gasteiger partial charge is 0.257 e. The van der Waals surface area contributed by atoms with Gasteiger partial charge in [0.1, 0.15) is 18.2 Å². The molecule has 0 aliphatic carbocycles. The molecule has 0 atom stereocenters. The molecule has 27 heavy (non-hydrogen) atoms. The fourth-order valence-corrected chi connectivity index (χ4v) is 3.41. The summed E-state index contributed by atoms with van der Waals surface area (Å²) < 4.78 is 19.1. The lowest BCUT2D eigenvalue weighted by Gasteiger charge is -2.15. The highest BCUT2D eigenvalue weighted by molar-refractivity contribution is 6.31. The number of likely N-dealkylation sites (tertiary alicyclic amines) is 1. The maximum atomic E-state index is 13.3. The molecular formula is C21H22FN3O2. The predicted octanol–water partition coefficient (Wildman–Crippen LogP) is 3.71. The normalized spacial score (nSPS) is 17.8. The van der Waals surface area contributed by atoms with Crippen LogP contribution in [0.5, 0.6) is 5.75 Å². The second-order valence-corrected chi connectivity index (χ2v) is 6.77. The van der Waals surface area contributed by atoms with E-state index in [0.29, 0.717) is 23.4 Å². The molecule has 5 nitrogen and oxygen atoms in total. The third-order valence-electron chi connectivity index (χ3n) is 4.88. The second-order valence-electron chi connectivity index (χ2n) is 6.77. The summed E-state index contributed by atoms with van der Waals surface area (Å²) in [6.07, 6.45) is 4.21. The molecule has 0 aromatic heterocycles. The summed E-state index contributed by atoms with van der Waals surface area (Å²) in [7, 11) is 0. The van der Waals surface area contributed by atoms with Gasteiger partial charge < -0.3 is 15.4 Å². The summed E-state index contributed by atoms with van der Waals surface area (Å²) in [6, 6.07) is 11.9. The van der Waals surface area contributed by atoms with E-state index in [1.807, 2.05) is 24.3 Å². The minimum atomic E-state index is -0.372. The maximum Gasteiger partial charge on any atom is 0.257 e. The number of rotatable bonds is 6. The van der Waals surface area contributed by atoms with Gasteiger partial charge in [-0.3, -0.25) is 9.69 Å². The molecule has 2 aliphatic heterocycles. The number of fused-ring (bicyclic) bond motifs is 1. The van der Waals surface area contributed by atoms with Gasteiger partial charge in [0.15, 0.2) is 0 Å². The summed E-state index contributed by atoms with van der Waals surface area (Å²) in [5, 5.41) is 5.79. The number of carbonyl (C=O) groups is 1. The molecule has 0 saturated carbocycles. The highest BCUT2D eigenvalue weighted by Crippen LogP contribution is 2.32. The third-order valence-corrected chi connectivity index (χ3v) is 4.88. The Hall–Kier alpha value is -2.86. The molecule has 6 heteroatoms. The van der Waals surface area contributed by atoms with Gasteiger partial charge in [-0.15, -0.1) is 0 Å². The molecule has 1 fully saturated rings. The van der Waals surface area contributed by atoms with Crippen LogP contribution in [0.1, 0.15) is 18.4 Å². The van der Waals surface area contributed by atoms with Crippen molar-refractivity contribution in [2.45, 2.75) is 12.8 Å². The van der Waals surface area contributed by atoms with Crippen molar-refractivity contribution in [3.05, 3.63) is 60.0 Å². The molecule has 0 spiro atoms. The number of hydrogen-bond acceptors (Lipinski definition) is 4. The average Bonchev–Trinajstić information content (AvgIpc) is 3.28. The first-order chi connectivity index (χ1) is 13.2. The number of halogens is 1. The molecule has 1 amide bonds. The van der Waals surface area contributed by atoms with E-state index in [1.54, 1.807) is 12.3 Å². The van der Waals surface area contributed by atoms with Crippen LogP contribution >= 0.6 is 0 Å². The summed E-state index contributed by atoms with van der Waals surface area (Å²) >= 11 is 0. The van der Waals surface area contributed by atoms with Crippen molar-refractivity contribution in [1.29, 1.82) is 0 Å². The van der Waals surface area contributed by atoms with E-state index in [1.165, 1.54) is 38.1 Å². The summed E-state index contributed by atoms with van der Waals surface area (Å²) in [6.45, 7) is 3.99. The van der Waals surface area contributed by atoms with Crippen molar-refractivity contribution in [1.82, 2.24) is 4.90 Å². The van der Waals surface area contributed by atoms with Crippen LogP contribution in [0, 0.1) is 5.82 Å². The molecule has 0 radical (unpaired) electrons. The van der Waals surface area contributed by atoms with Crippen molar-refractivity contribution in [2.75, 3.05) is 36.9 Å². The van der Waals surface area contributed by atoms with E-state index in [0.717, 1.165) is 18.0 Å². The largest absolute Gasteiger partial charge is 0.492 e. The first kappa shape index (κ1) is 17.5. The van der Waals surface area contributed by atoms with Crippen LogP contribution in [0.3, 0.4) is 0 Å². The zero-order valence-corrected chi connectivity index (χ0v) is 15.0. The summed E-state index contributed by atoms with van der Waals surface area (Å²) in [4.78, 5) is 14.5. The van der Waals surface area contributed by atoms with Crippen molar-refractivity contribution >= 4 is 22.9 Å². The zero-order chi connectivity index (χ0) is 18.6. The maximum absolute atomic E-state index is 13.3. The zero-order valence-electron chi connectivity index (χ0n) is 15.0. The highest BCUT2D eigenvalue weighted by Gasteiger charge is 2.24. The van der Waals surface area contributed by atoms with E-state index in [4.69, 9.17) is 4.74 Å². The van der Waals surface area contributed by atoms with Gasteiger partial charge >= 0.3 is 0 Å². The molecule has 2 N–H and O–H groups in total. The Labute approximate surface area is 157 Å². The monoisotopic (exact) mass is 367 g/mol. The molecule has 2 aromatic rings. The lowest BCUT2D eigenvalue weighted by molar-refractivity contribution is -0.110. The summed E-state index contributed by atoms with van der Waals surface area (Å²) in [5.41, 5.74) is 2.51. The molecule has 0 bridgehead atoms. The standard InChI is InChI=1S/C21H22FN3O2/c22-15-3-8-18-19(21(26)24-20(18)13-15)14-23-16-4-6-17(7-5-16)27-12-11-25-9-1-2-10-25/h3-8,13-14,23H,1-2,9-12H2,(H,24,26). The Balaban J connectivity index is 1.35. The Morgan fingerprint density at radius 3 is 2.70 bits per heavy atom. The van der Waals surface area contributed by atoms with Crippen molar-refractivity contribution in [3.63, 3.8) is 0 Å². The SMILES string of the molecule is O=C1Nc2cc(F)ccc2C1=CNc1ccc(OCCN2CCCC2)cc1. The van der Waals surface area contributed by atoms with Crippen LogP contribution in [-0.2, 0) is 4.79 Å². The lowest BCUT2D eigenvalue weighted by Crippen LogP contribution is -2.25. The molecule has 2 aromatic carbocycles. The van der Waals surface area contributed by atoms with Crippen LogP contribution in [0.25, 0.3) is 5.57 Å². The van der Waals surface area contributed by atoms with Crippen LogP contribution < -0.4 is 15.4 Å². The van der Waals surface area contributed by atoms with Gasteiger partial charge in [0, 0.05) is 24.0 Å². The number of amides is 1. The Morgan fingerprint density at radius 1 is 1.15 bits per heavy atom. The molecule has 0 unspecified atom stereocenters. The number of carbonyl (C=O) groups excluding carboxylic acids is 1. The Kier molecular flexibility index (Phi) is 5.07. The van der Waals surface area contributed by atoms with Crippen LogP contribution in [0.15, 0.2) is 48.7 Å². The summed E-state index contributed by atoms with van der Waals surface area (Å²) in [5.74, 6) is 0.209. The van der Waals surface area contributed by atoms with E-state index < -0.39 is 0 Å². The fraction of sp³-hybridized carbons (Fsp3) is 0.286. The van der Waals surface area contributed by atoms with Crippen molar-refractivity contribution in [3.8, 4) is 5.75 Å². The number of hydrogen-bond donors (Lipinski definition) is 2. The number of nitrogens with one attached hydrogen (secondary N) is 2. The molecule has 1 saturated heterocycles. The minimum Gasteiger partial charge on any atom is -0.492 e. The first-order valence-electron chi connectivity index (χ1n) is 9.22. The number of benzene rings is 2. The first-order valence-corrected chi connectivity index (χ1v) is 9.22. The van der Waals surface area contributed by atoms with Gasteiger partial charge in [-0.2, -0.15) is 0 Å². The lowest BCUT2D eigenvalue weighted by atomic mass is 10.1. The van der Waals surface area contributed by atoms with Gasteiger partial charge in [-0.1, -0.05) is 0 Å². The second kappa shape index (κ2) is 7.80. The van der Waals surface area contributed by atoms with Gasteiger partial charge in [-0.05, 0) is 68.4 Å². The quantitative estimate of drug-likeness (QED) is 0.765. The topological polar surface area (TPSA) is 53.6 Å². The molecular weight excluding hydrogens is 345 g/mol. The van der Waals surface area contributed by atoms with Gasteiger partial charge in [0.2, 0.25) is 0 Å². The number of nitrogens with zero attached hydrogens (tertiary/aromatic N) is 1. The molecule has 2 aliphatic rings. The predicted molar refractivity (Wildman–Crippen MR) is 104 cm³/mol. The van der Waals surface area contributed by atoms with E-state index in [2.05, 4.69) is 15.5 Å². The van der Waals surface area contributed by atoms with E-state index in [9.17, 15) is 9.18 Å². The van der Waals surface area contributed by atoms with Crippen LogP contribution in [-0.4, -0.2) is 37.0 Å². The van der Waals surface area contributed by atoms with Crippen molar-refractivity contribution in [2.24, 2.45) is 0 Å². The number of anilines is 2. The fourth-order valence-electron chi connectivity index (χ4n) is 3.41. The van der Waals surface area contributed by atoms with E-state index in [-0.39, 0.29) is 11.7 Å². The minimum absolute atomic E-state index is 0.245. The molecule has 140 valence electrons. The van der Waals surface area contributed by atoms with Crippen LogP contribution in [0.2, 0.25) is 0 Å². The molecule has 2 heterocycles. The Bertz CT molecular complexity index is 858. The number of ether oxygens (including phenoxy) is 1. The average molecular weight is 367 g/mol.